The van der Waals surface area contributed by atoms with Gasteiger partial charge in [-0.1, -0.05) is 0 Å². The molecule has 0 aliphatic rings. The van der Waals surface area contributed by atoms with Crippen LogP contribution in [0.5, 0.6) is 0 Å². The maximum Gasteiger partial charge on any atom is 0.324 e. The lowest BCUT2D eigenvalue weighted by Crippen LogP contribution is -2.34. The molecule has 6 heteroatoms. The molecular weight excluding hydrogens is 208 g/mol. The number of hydrogen-bond acceptors (Lipinski definition) is 4. The standard InChI is InChI=1S/C8H15ClN2O3/c1-3-10-7(12)5-4-6(11-9)8(13)14-2/h6,11H,3-5H2,1-2H3,(H,10,12). The quantitative estimate of drug-likeness (QED) is 0.497. The SMILES string of the molecule is CCNC(=O)CCC(NCl)C(=O)OC. The number of rotatable bonds is 6. The third kappa shape index (κ3) is 5.04. The van der Waals surface area contributed by atoms with Crippen molar-refractivity contribution in [3.05, 3.63) is 0 Å². The van der Waals surface area contributed by atoms with E-state index in [1.165, 1.54) is 7.11 Å². The van der Waals surface area contributed by atoms with Gasteiger partial charge in [-0.2, -0.15) is 0 Å². The monoisotopic (exact) mass is 222 g/mol. The molecule has 1 atom stereocenters. The molecule has 0 fully saturated rings. The summed E-state index contributed by atoms with van der Waals surface area (Å²) in [6.45, 7) is 2.41. The minimum atomic E-state index is -0.635. The molecule has 1 unspecified atom stereocenters. The molecule has 0 aromatic heterocycles. The van der Waals surface area contributed by atoms with Crippen molar-refractivity contribution in [3.8, 4) is 0 Å². The first-order valence-electron chi connectivity index (χ1n) is 4.36. The molecule has 0 bridgehead atoms. The van der Waals surface area contributed by atoms with Gasteiger partial charge in [-0.25, -0.2) is 4.84 Å². The van der Waals surface area contributed by atoms with Crippen LogP contribution in [0.25, 0.3) is 0 Å². The van der Waals surface area contributed by atoms with Crippen molar-refractivity contribution in [2.75, 3.05) is 13.7 Å². The van der Waals surface area contributed by atoms with Crippen LogP contribution in [0.2, 0.25) is 0 Å². The summed E-state index contributed by atoms with van der Waals surface area (Å²) >= 11 is 5.32. The molecule has 1 amide bonds. The highest BCUT2D eigenvalue weighted by Gasteiger charge is 2.18. The predicted octanol–water partition coefficient (Wildman–Crippen LogP) is 0.188. The van der Waals surface area contributed by atoms with Crippen LogP contribution in [-0.4, -0.2) is 31.6 Å². The number of carbonyl (C=O) groups is 2. The first-order valence-corrected chi connectivity index (χ1v) is 4.74. The fourth-order valence-electron chi connectivity index (χ4n) is 0.920. The van der Waals surface area contributed by atoms with E-state index in [2.05, 4.69) is 14.9 Å². The van der Waals surface area contributed by atoms with E-state index in [-0.39, 0.29) is 12.3 Å². The van der Waals surface area contributed by atoms with Gasteiger partial charge in [0.1, 0.15) is 6.04 Å². The molecule has 0 aliphatic heterocycles. The summed E-state index contributed by atoms with van der Waals surface area (Å²) < 4.78 is 4.48. The Balaban J connectivity index is 3.83. The highest BCUT2D eigenvalue weighted by molar-refractivity contribution is 6.14. The van der Waals surface area contributed by atoms with Crippen LogP contribution in [0, 0.1) is 0 Å². The maximum absolute atomic E-state index is 11.0. The molecule has 0 heterocycles. The molecule has 82 valence electrons. The molecule has 0 aromatic carbocycles. The van der Waals surface area contributed by atoms with Crippen molar-refractivity contribution >= 4 is 23.7 Å². The average molecular weight is 223 g/mol. The van der Waals surface area contributed by atoms with E-state index in [1.54, 1.807) is 0 Å². The summed E-state index contributed by atoms with van der Waals surface area (Å²) in [5, 5.41) is 2.62. The molecule has 14 heavy (non-hydrogen) atoms. The molecule has 5 nitrogen and oxygen atoms in total. The van der Waals surface area contributed by atoms with Gasteiger partial charge in [-0.15, -0.1) is 0 Å². The predicted molar refractivity (Wildman–Crippen MR) is 52.7 cm³/mol. The normalized spacial score (nSPS) is 11.9. The highest BCUT2D eigenvalue weighted by atomic mass is 35.5. The Morgan fingerprint density at radius 1 is 1.50 bits per heavy atom. The van der Waals surface area contributed by atoms with Crippen molar-refractivity contribution in [2.45, 2.75) is 25.8 Å². The number of methoxy groups -OCH3 is 1. The van der Waals surface area contributed by atoms with Crippen LogP contribution in [0.4, 0.5) is 0 Å². The molecule has 0 aromatic rings. The number of nitrogens with one attached hydrogen (secondary N) is 2. The molecular formula is C8H15ClN2O3. The fourth-order valence-corrected chi connectivity index (χ4v) is 1.12. The van der Waals surface area contributed by atoms with Gasteiger partial charge in [-0.05, 0) is 25.1 Å². The van der Waals surface area contributed by atoms with Crippen molar-refractivity contribution in [1.29, 1.82) is 0 Å². The van der Waals surface area contributed by atoms with E-state index in [1.807, 2.05) is 6.92 Å². The van der Waals surface area contributed by atoms with Crippen LogP contribution in [-0.2, 0) is 14.3 Å². The second-order valence-electron chi connectivity index (χ2n) is 2.68. The van der Waals surface area contributed by atoms with Gasteiger partial charge in [0.05, 0.1) is 7.11 Å². The zero-order valence-corrected chi connectivity index (χ0v) is 9.06. The summed E-state index contributed by atoms with van der Waals surface area (Å²) in [5.41, 5.74) is 0. The summed E-state index contributed by atoms with van der Waals surface area (Å²) in [6.07, 6.45) is 0.565. The van der Waals surface area contributed by atoms with Gasteiger partial charge in [-0.3, -0.25) is 9.59 Å². The van der Waals surface area contributed by atoms with Crippen molar-refractivity contribution in [2.24, 2.45) is 0 Å². The molecule has 2 N–H and O–H groups in total. The number of carbonyl (C=O) groups excluding carboxylic acids is 2. The first kappa shape index (κ1) is 13.2. The van der Waals surface area contributed by atoms with Crippen LogP contribution in [0.3, 0.4) is 0 Å². The van der Waals surface area contributed by atoms with Gasteiger partial charge in [0.25, 0.3) is 0 Å². The number of esters is 1. The van der Waals surface area contributed by atoms with Gasteiger partial charge < -0.3 is 10.1 Å². The molecule has 0 saturated heterocycles. The number of ether oxygens (including phenoxy) is 1. The number of hydrogen-bond donors (Lipinski definition) is 2. The average Bonchev–Trinajstić information content (AvgIpc) is 2.18. The van der Waals surface area contributed by atoms with Gasteiger partial charge in [0.2, 0.25) is 5.91 Å². The van der Waals surface area contributed by atoms with Crippen molar-refractivity contribution < 1.29 is 14.3 Å². The lowest BCUT2D eigenvalue weighted by atomic mass is 10.1. The Morgan fingerprint density at radius 2 is 2.14 bits per heavy atom. The van der Waals surface area contributed by atoms with E-state index >= 15 is 0 Å². The van der Waals surface area contributed by atoms with Gasteiger partial charge >= 0.3 is 5.97 Å². The zero-order chi connectivity index (χ0) is 11.0. The van der Waals surface area contributed by atoms with Crippen LogP contribution in [0.15, 0.2) is 0 Å². The molecule has 0 saturated carbocycles. The lowest BCUT2D eigenvalue weighted by molar-refractivity contribution is -0.142. The third-order valence-corrected chi connectivity index (χ3v) is 1.91. The Hall–Kier alpha value is -0.810. The van der Waals surface area contributed by atoms with Crippen molar-refractivity contribution in [3.63, 3.8) is 0 Å². The summed E-state index contributed by atoms with van der Waals surface area (Å²) in [5.74, 6) is -0.572. The highest BCUT2D eigenvalue weighted by Crippen LogP contribution is 2.00. The van der Waals surface area contributed by atoms with E-state index < -0.39 is 12.0 Å². The first-order chi connectivity index (χ1) is 6.65. The molecule has 0 rings (SSSR count). The second kappa shape index (κ2) is 7.58. The minimum absolute atomic E-state index is 0.103. The molecule has 0 spiro atoms. The fraction of sp³-hybridized carbons (Fsp3) is 0.750. The number of amides is 1. The van der Waals surface area contributed by atoms with E-state index in [0.29, 0.717) is 13.0 Å². The van der Waals surface area contributed by atoms with Crippen molar-refractivity contribution in [1.82, 2.24) is 10.2 Å². The Kier molecular flexibility index (Phi) is 7.14. The summed E-state index contributed by atoms with van der Waals surface area (Å²) in [6, 6.07) is -0.635. The Labute approximate surface area is 88.2 Å². The van der Waals surface area contributed by atoms with E-state index in [4.69, 9.17) is 11.8 Å². The van der Waals surface area contributed by atoms with E-state index in [9.17, 15) is 9.59 Å². The van der Waals surface area contributed by atoms with Crippen LogP contribution < -0.4 is 10.2 Å². The Morgan fingerprint density at radius 3 is 2.57 bits per heavy atom. The summed E-state index contributed by atoms with van der Waals surface area (Å²) in [7, 11) is 1.27. The van der Waals surface area contributed by atoms with Gasteiger partial charge in [0.15, 0.2) is 0 Å². The zero-order valence-electron chi connectivity index (χ0n) is 8.30. The minimum Gasteiger partial charge on any atom is -0.468 e. The maximum atomic E-state index is 11.0. The van der Waals surface area contributed by atoms with Crippen LogP contribution in [0.1, 0.15) is 19.8 Å². The van der Waals surface area contributed by atoms with E-state index in [0.717, 1.165) is 0 Å². The largest absolute Gasteiger partial charge is 0.468 e. The second-order valence-corrected chi connectivity index (χ2v) is 2.90. The van der Waals surface area contributed by atoms with Gasteiger partial charge in [0, 0.05) is 13.0 Å². The summed E-state index contributed by atoms with van der Waals surface area (Å²) in [4.78, 5) is 24.3. The lowest BCUT2D eigenvalue weighted by Gasteiger charge is -2.11. The number of halogens is 1. The molecule has 0 radical (unpaired) electrons. The van der Waals surface area contributed by atoms with Crippen LogP contribution >= 0.6 is 11.8 Å². The molecule has 0 aliphatic carbocycles. The third-order valence-electron chi connectivity index (χ3n) is 1.65. The smallest absolute Gasteiger partial charge is 0.324 e. The topological polar surface area (TPSA) is 67.4 Å². The Bertz CT molecular complexity index is 199.